The van der Waals surface area contributed by atoms with Gasteiger partial charge in [0, 0.05) is 43.1 Å². The van der Waals surface area contributed by atoms with Crippen LogP contribution in [-0.4, -0.2) is 39.9 Å². The summed E-state index contributed by atoms with van der Waals surface area (Å²) in [6, 6.07) is 74.0. The monoisotopic (exact) mass is 1080 g/mol. The number of aromatic nitrogens is 8. The first-order valence-electron chi connectivity index (χ1n) is 27.7. The highest BCUT2D eigenvalue weighted by atomic mass is 16.3. The molecule has 19 rings (SSSR count). The van der Waals surface area contributed by atoms with Crippen molar-refractivity contribution in [3.05, 3.63) is 218 Å². The van der Waals surface area contributed by atoms with Crippen LogP contribution in [0.3, 0.4) is 0 Å². The molecule has 4 aliphatic heterocycles. The molecule has 0 saturated heterocycles. The molecule has 0 radical (unpaired) electrons. The summed E-state index contributed by atoms with van der Waals surface area (Å²) in [4.78, 5) is 40.1. The molecule has 0 spiro atoms. The molecule has 0 atom stereocenters. The average molecular weight is 1080 g/mol. The lowest BCUT2D eigenvalue weighted by Gasteiger charge is -2.08. The van der Waals surface area contributed by atoms with E-state index < -0.39 is 0 Å². The van der Waals surface area contributed by atoms with Crippen molar-refractivity contribution in [1.82, 2.24) is 39.9 Å². The van der Waals surface area contributed by atoms with Crippen LogP contribution in [0.25, 0.3) is 198 Å². The first-order valence-corrected chi connectivity index (χ1v) is 27.7. The van der Waals surface area contributed by atoms with Crippen LogP contribution in [0.5, 0.6) is 0 Å². The summed E-state index contributed by atoms with van der Waals surface area (Å²) >= 11 is 0. The minimum absolute atomic E-state index is 0.376. The first kappa shape index (κ1) is 45.0. The first-order chi connectivity index (χ1) is 41.6. The lowest BCUT2D eigenvalue weighted by molar-refractivity contribution is 0.659. The second-order valence-electron chi connectivity index (χ2n) is 21.4. The van der Waals surface area contributed by atoms with Crippen LogP contribution in [0, 0.1) is 0 Å². The van der Waals surface area contributed by atoms with E-state index in [4.69, 9.17) is 47.6 Å². The highest BCUT2D eigenvalue weighted by molar-refractivity contribution is 6.27. The number of aromatic amines is 2. The van der Waals surface area contributed by atoms with E-state index in [2.05, 4.69) is 131 Å². The van der Waals surface area contributed by atoms with E-state index in [-0.39, 0.29) is 0 Å². The van der Waals surface area contributed by atoms with Gasteiger partial charge in [-0.05, 0) is 91.6 Å². The predicted octanol–water partition coefficient (Wildman–Crippen LogP) is 19.1. The smallest absolute Gasteiger partial charge is 0.168 e. The van der Waals surface area contributed by atoms with E-state index >= 15 is 0 Å². The summed E-state index contributed by atoms with van der Waals surface area (Å²) in [6.45, 7) is 0. The van der Waals surface area contributed by atoms with Crippen molar-refractivity contribution in [3.8, 4) is 22.8 Å². The quantitative estimate of drug-likeness (QED) is 0.150. The lowest BCUT2D eigenvalue weighted by Crippen LogP contribution is -1.84. The Bertz CT molecular complexity index is 5900. The van der Waals surface area contributed by atoms with E-state index in [1.54, 1.807) is 0 Å². The van der Waals surface area contributed by atoms with Gasteiger partial charge < -0.3 is 27.6 Å². The third kappa shape index (κ3) is 6.46. The topological polar surface area (TPSA) is 161 Å². The SMILES string of the molecule is c1ccc2c(c1)ccc1oc3cccc4c3-c3nc4nc4[nH]c5nc6nc(nc7[nH]c(n3)c3c(cccc73)oc3ccc7ccccc7c3c12)c1cccc(oc2ccc3ccccc3c2c2c(ccc3ccccc32)oc2cccc4c52)c1-6. The standard InChI is InChI=1S/C72H38N8O4/c1-5-17-41-37(13-1)29-33-53-57(41)58-42-18-6-2-14-38(42)30-34-54(58)82-50-26-10-22-46-62(50)70-76-66(46)74-68-48-24-12-28-52-64(48)72(78-68)80-71-63-47(67(77-71)73-65-45-21-9-25-49(81-53)61(45)69(75-65)79-70)23-11-27-51(63)83-55-35-31-39-15-3-7-19-43(39)59(55)60-44-20-8-4-16-40(44)32-36-56(60)84-52/h1-36H,(H2,73,74,75,76,77,78,79,80). The molecule has 0 fully saturated rings. The number of nitrogens with one attached hydrogen (secondary N) is 2. The van der Waals surface area contributed by atoms with E-state index in [0.29, 0.717) is 123 Å². The van der Waals surface area contributed by atoms with Gasteiger partial charge in [0.1, 0.15) is 67.3 Å². The maximum absolute atomic E-state index is 7.36. The molecule has 3 aromatic heterocycles. The fourth-order valence-electron chi connectivity index (χ4n) is 13.1. The van der Waals surface area contributed by atoms with Crippen LogP contribution >= 0.6 is 0 Å². The Balaban J connectivity index is 1.08. The average Bonchev–Trinajstić information content (AvgIpc) is 2.60. The Kier molecular flexibility index (Phi) is 9.05. The molecular formula is C72H38N8O4. The van der Waals surface area contributed by atoms with E-state index in [0.717, 1.165) is 75.4 Å². The number of hydrogen-bond donors (Lipinski definition) is 2. The van der Waals surface area contributed by atoms with Gasteiger partial charge in [0.2, 0.25) is 0 Å². The zero-order valence-corrected chi connectivity index (χ0v) is 44.1. The fourth-order valence-corrected chi connectivity index (χ4v) is 13.1. The van der Waals surface area contributed by atoms with Crippen molar-refractivity contribution in [2.75, 3.05) is 0 Å². The van der Waals surface area contributed by atoms with Crippen LogP contribution in [0.1, 0.15) is 0 Å². The minimum Gasteiger partial charge on any atom is -0.456 e. The number of benzene rings is 12. The van der Waals surface area contributed by atoms with Gasteiger partial charge in [-0.1, -0.05) is 170 Å². The molecule has 84 heavy (non-hydrogen) atoms. The molecule has 4 aliphatic rings. The van der Waals surface area contributed by atoms with Crippen molar-refractivity contribution >= 4 is 175 Å². The Hall–Kier alpha value is -11.8. The van der Waals surface area contributed by atoms with Crippen LogP contribution in [0.15, 0.2) is 236 Å². The van der Waals surface area contributed by atoms with Gasteiger partial charge in [-0.2, -0.15) is 0 Å². The highest BCUT2D eigenvalue weighted by Crippen LogP contribution is 2.43. The van der Waals surface area contributed by atoms with Gasteiger partial charge in [-0.3, -0.25) is 0 Å². The number of nitrogens with zero attached hydrogens (tertiary/aromatic N) is 6. The van der Waals surface area contributed by atoms with E-state index in [1.807, 2.05) is 97.1 Å². The summed E-state index contributed by atoms with van der Waals surface area (Å²) in [5.74, 6) is 0.751. The number of fused-ring (bicyclic) bond motifs is 22. The molecule has 12 nitrogen and oxygen atoms in total. The number of rotatable bonds is 0. The van der Waals surface area contributed by atoms with Gasteiger partial charge >= 0.3 is 0 Å². The van der Waals surface area contributed by atoms with Crippen molar-refractivity contribution in [2.45, 2.75) is 0 Å². The van der Waals surface area contributed by atoms with Crippen LogP contribution in [0.4, 0.5) is 0 Å². The highest BCUT2D eigenvalue weighted by Gasteiger charge is 2.24. The zero-order valence-electron chi connectivity index (χ0n) is 44.1. The Morgan fingerprint density at radius 1 is 0.214 bits per heavy atom. The van der Waals surface area contributed by atoms with E-state index in [1.165, 1.54) is 0 Å². The number of H-pyrrole nitrogens is 2. The largest absolute Gasteiger partial charge is 0.456 e. The number of hydrogen-bond acceptors (Lipinski definition) is 10. The van der Waals surface area contributed by atoms with Crippen LogP contribution < -0.4 is 0 Å². The van der Waals surface area contributed by atoms with Gasteiger partial charge in [0.05, 0.1) is 21.9 Å². The Morgan fingerprint density at radius 2 is 0.512 bits per heavy atom. The molecule has 0 aliphatic carbocycles. The normalized spacial score (nSPS) is 12.3. The lowest BCUT2D eigenvalue weighted by atomic mass is 9.98. The molecule has 0 amide bonds. The summed E-state index contributed by atoms with van der Waals surface area (Å²) in [6.07, 6.45) is 0. The molecule has 390 valence electrons. The summed E-state index contributed by atoms with van der Waals surface area (Å²) in [7, 11) is 0. The molecule has 12 aromatic carbocycles. The minimum atomic E-state index is 0.376. The maximum atomic E-state index is 7.36. The van der Waals surface area contributed by atoms with E-state index in [9.17, 15) is 0 Å². The Morgan fingerprint density at radius 3 is 0.881 bits per heavy atom. The van der Waals surface area contributed by atoms with Crippen LogP contribution in [0.2, 0.25) is 0 Å². The van der Waals surface area contributed by atoms with Crippen molar-refractivity contribution in [1.29, 1.82) is 0 Å². The van der Waals surface area contributed by atoms with Crippen molar-refractivity contribution < 1.29 is 17.7 Å². The van der Waals surface area contributed by atoms with Gasteiger partial charge in [-0.25, -0.2) is 29.9 Å². The molecule has 0 unspecified atom stereocenters. The third-order valence-corrected chi connectivity index (χ3v) is 16.7. The molecule has 0 saturated carbocycles. The Labute approximate surface area is 471 Å². The molecule has 15 aromatic rings. The van der Waals surface area contributed by atoms with Crippen molar-refractivity contribution in [2.24, 2.45) is 0 Å². The predicted molar refractivity (Wildman–Crippen MR) is 337 cm³/mol. The summed E-state index contributed by atoms with van der Waals surface area (Å²) in [5.41, 5.74) is 8.78. The second kappa shape index (κ2) is 16.9. The van der Waals surface area contributed by atoms with Gasteiger partial charge in [0.25, 0.3) is 0 Å². The summed E-state index contributed by atoms with van der Waals surface area (Å²) in [5, 5.41) is 16.0. The summed E-state index contributed by atoms with van der Waals surface area (Å²) < 4.78 is 29.4. The molecule has 7 heterocycles. The molecule has 8 bridgehead atoms. The van der Waals surface area contributed by atoms with Gasteiger partial charge in [-0.15, -0.1) is 0 Å². The van der Waals surface area contributed by atoms with Gasteiger partial charge in [0.15, 0.2) is 22.9 Å². The maximum Gasteiger partial charge on any atom is 0.168 e. The van der Waals surface area contributed by atoms with Crippen LogP contribution in [-0.2, 0) is 0 Å². The third-order valence-electron chi connectivity index (χ3n) is 16.7. The molecule has 12 heteroatoms. The molecule has 2 N–H and O–H groups in total. The van der Waals surface area contributed by atoms with Crippen molar-refractivity contribution in [3.63, 3.8) is 0 Å². The molecular weight excluding hydrogens is 1040 g/mol. The fraction of sp³-hybridized carbons (Fsp3) is 0. The second-order valence-corrected chi connectivity index (χ2v) is 21.4. The zero-order chi connectivity index (χ0) is 54.7.